The van der Waals surface area contributed by atoms with Crippen molar-refractivity contribution in [3.05, 3.63) is 194 Å². The molecule has 0 amide bonds. The van der Waals surface area contributed by atoms with E-state index in [9.17, 15) is 0 Å². The first-order valence-corrected chi connectivity index (χ1v) is 21.2. The number of ether oxygens (including phenoxy) is 1. The molecule has 0 unspecified atom stereocenters. The number of benzene rings is 8. The summed E-state index contributed by atoms with van der Waals surface area (Å²) in [5.74, 6) is 2.24. The molecule has 0 atom stereocenters. The molecule has 0 bridgehead atoms. The summed E-state index contributed by atoms with van der Waals surface area (Å²) in [5, 5.41) is 0. The summed E-state index contributed by atoms with van der Waals surface area (Å²) < 4.78 is 6.48. The lowest BCUT2D eigenvalue weighted by Crippen LogP contribution is -2.61. The van der Waals surface area contributed by atoms with Gasteiger partial charge in [0, 0.05) is 39.8 Å². The first kappa shape index (κ1) is 34.1. The van der Waals surface area contributed by atoms with Gasteiger partial charge in [-0.2, -0.15) is 0 Å². The van der Waals surface area contributed by atoms with Crippen LogP contribution < -0.4 is 35.8 Å². The Labute approximate surface area is 346 Å². The van der Waals surface area contributed by atoms with Gasteiger partial charge in [-0.1, -0.05) is 122 Å². The molecule has 0 saturated heterocycles. The van der Waals surface area contributed by atoms with Gasteiger partial charge in [0.05, 0.1) is 11.4 Å². The molecule has 0 aromatic heterocycles. The van der Waals surface area contributed by atoms with Crippen molar-refractivity contribution in [2.45, 2.75) is 38.0 Å². The van der Waals surface area contributed by atoms with Gasteiger partial charge in [-0.05, 0) is 137 Å². The van der Waals surface area contributed by atoms with Gasteiger partial charge in [0.25, 0.3) is 6.71 Å². The fourth-order valence-corrected chi connectivity index (χ4v) is 10.3. The molecule has 3 heterocycles. The van der Waals surface area contributed by atoms with Crippen LogP contribution in [0.25, 0.3) is 11.1 Å². The highest BCUT2D eigenvalue weighted by molar-refractivity contribution is 7.00. The van der Waals surface area contributed by atoms with Gasteiger partial charge in [-0.3, -0.25) is 0 Å². The number of hydrogen-bond acceptors (Lipinski definition) is 4. The maximum atomic E-state index is 6.48. The lowest BCUT2D eigenvalue weighted by Gasteiger charge is -2.45. The van der Waals surface area contributed by atoms with Crippen LogP contribution in [0.15, 0.2) is 188 Å². The fraction of sp³-hybridized carbons (Fsp3) is 0.111. The van der Waals surface area contributed by atoms with Crippen molar-refractivity contribution in [3.8, 4) is 22.6 Å². The molecule has 8 aromatic carbocycles. The van der Waals surface area contributed by atoms with Crippen molar-refractivity contribution in [1.82, 2.24) is 0 Å². The molecule has 1 fully saturated rings. The molecule has 3 aliphatic heterocycles. The summed E-state index contributed by atoms with van der Waals surface area (Å²) in [4.78, 5) is 7.49. The van der Waals surface area contributed by atoms with Crippen molar-refractivity contribution < 1.29 is 4.74 Å². The SMILES string of the molecule is c1ccc(-c2cccc(N3c4ccc(N5c6ccccc6Oc6ccccc65)cc4B4c5ccccc5N(c5ccccc5)c5cc(C6CCCCC6)cc3c54)c2)cc1. The molecule has 12 rings (SSSR count). The minimum absolute atomic E-state index is 0.00611. The van der Waals surface area contributed by atoms with Crippen LogP contribution in [0.4, 0.5) is 51.2 Å². The van der Waals surface area contributed by atoms with E-state index in [4.69, 9.17) is 4.74 Å². The Hall–Kier alpha value is -6.98. The molecule has 1 aliphatic carbocycles. The van der Waals surface area contributed by atoms with Gasteiger partial charge in [0.1, 0.15) is 0 Å². The highest BCUT2D eigenvalue weighted by Crippen LogP contribution is 2.52. The van der Waals surface area contributed by atoms with E-state index in [1.54, 1.807) is 0 Å². The first-order chi connectivity index (χ1) is 29.3. The lowest BCUT2D eigenvalue weighted by atomic mass is 9.33. The van der Waals surface area contributed by atoms with Crippen LogP contribution in [-0.4, -0.2) is 6.71 Å². The Morgan fingerprint density at radius 2 is 0.932 bits per heavy atom. The highest BCUT2D eigenvalue weighted by atomic mass is 16.5. The topological polar surface area (TPSA) is 19.0 Å². The third-order valence-electron chi connectivity index (χ3n) is 13.0. The molecule has 4 nitrogen and oxygen atoms in total. The van der Waals surface area contributed by atoms with E-state index in [-0.39, 0.29) is 6.71 Å². The van der Waals surface area contributed by atoms with Crippen LogP contribution in [0.1, 0.15) is 43.6 Å². The predicted octanol–water partition coefficient (Wildman–Crippen LogP) is 13.1. The molecular formula is C54H42BN3O. The summed E-state index contributed by atoms with van der Waals surface area (Å²) in [6, 6.07) is 69.1. The summed E-state index contributed by atoms with van der Waals surface area (Å²) in [7, 11) is 0. The molecule has 5 heteroatoms. The van der Waals surface area contributed by atoms with Gasteiger partial charge >= 0.3 is 0 Å². The molecular weight excluding hydrogens is 717 g/mol. The third-order valence-corrected chi connectivity index (χ3v) is 13.0. The highest BCUT2D eigenvalue weighted by Gasteiger charge is 2.44. The number of para-hydroxylation sites is 6. The second-order valence-electron chi connectivity index (χ2n) is 16.3. The maximum absolute atomic E-state index is 6.48. The van der Waals surface area contributed by atoms with E-state index in [2.05, 4.69) is 203 Å². The van der Waals surface area contributed by atoms with Gasteiger partial charge in [0.15, 0.2) is 11.5 Å². The number of hydrogen-bond donors (Lipinski definition) is 0. The number of fused-ring (bicyclic) bond motifs is 6. The normalized spacial score (nSPS) is 15.1. The van der Waals surface area contributed by atoms with Gasteiger partial charge < -0.3 is 19.4 Å². The summed E-state index contributed by atoms with van der Waals surface area (Å²) in [5.41, 5.74) is 18.3. The molecule has 0 N–H and O–H groups in total. The Morgan fingerprint density at radius 3 is 1.66 bits per heavy atom. The van der Waals surface area contributed by atoms with Crippen molar-refractivity contribution in [1.29, 1.82) is 0 Å². The average molecular weight is 760 g/mol. The van der Waals surface area contributed by atoms with Crippen molar-refractivity contribution >= 4 is 74.3 Å². The zero-order chi connectivity index (χ0) is 38.9. The van der Waals surface area contributed by atoms with Crippen molar-refractivity contribution in [2.24, 2.45) is 0 Å². The average Bonchev–Trinajstić information content (AvgIpc) is 3.31. The minimum atomic E-state index is 0.00611. The van der Waals surface area contributed by atoms with Crippen molar-refractivity contribution in [3.63, 3.8) is 0 Å². The van der Waals surface area contributed by atoms with E-state index >= 15 is 0 Å². The first-order valence-electron chi connectivity index (χ1n) is 21.2. The molecule has 4 aliphatic rings. The minimum Gasteiger partial charge on any atom is -0.453 e. The maximum Gasteiger partial charge on any atom is 0.252 e. The van der Waals surface area contributed by atoms with E-state index in [0.717, 1.165) is 34.2 Å². The van der Waals surface area contributed by atoms with E-state index < -0.39 is 0 Å². The third kappa shape index (κ3) is 5.52. The number of nitrogens with zero attached hydrogens (tertiary/aromatic N) is 3. The van der Waals surface area contributed by atoms with Crippen LogP contribution in [0.3, 0.4) is 0 Å². The van der Waals surface area contributed by atoms with E-state index in [1.165, 1.54) is 93.6 Å². The quantitative estimate of drug-likeness (QED) is 0.163. The van der Waals surface area contributed by atoms with Gasteiger partial charge in [-0.25, -0.2) is 0 Å². The zero-order valence-corrected chi connectivity index (χ0v) is 32.8. The Morgan fingerprint density at radius 1 is 0.390 bits per heavy atom. The molecule has 1 saturated carbocycles. The number of anilines is 9. The Balaban J connectivity index is 1.15. The zero-order valence-electron chi connectivity index (χ0n) is 32.8. The molecule has 8 aromatic rings. The lowest BCUT2D eigenvalue weighted by molar-refractivity contribution is 0.444. The van der Waals surface area contributed by atoms with Crippen LogP contribution >= 0.6 is 0 Å². The van der Waals surface area contributed by atoms with E-state index in [0.29, 0.717) is 5.92 Å². The standard InChI is InChI=1S/C54H42BN3O/c1-4-17-37(18-5-1)39-21-16-24-42(33-39)57-47-32-31-43(58-48-27-12-14-29-52(48)59-53-30-15-13-28-49(53)58)36-45(47)55-44-25-10-11-26-46(44)56(41-22-8-3-9-23-41)50-34-40(35-51(57)54(50)55)38-19-6-2-7-20-38/h1,3-5,8-18,21-36,38H,2,6-7,19-20H2. The Bertz CT molecular complexity index is 2840. The molecule has 0 spiro atoms. The smallest absolute Gasteiger partial charge is 0.252 e. The summed E-state index contributed by atoms with van der Waals surface area (Å²) in [6.07, 6.45) is 6.36. The number of rotatable bonds is 5. The monoisotopic (exact) mass is 759 g/mol. The molecule has 59 heavy (non-hydrogen) atoms. The van der Waals surface area contributed by atoms with Crippen LogP contribution in [-0.2, 0) is 0 Å². The summed E-state index contributed by atoms with van der Waals surface area (Å²) in [6.45, 7) is 0.00611. The van der Waals surface area contributed by atoms with E-state index in [1.807, 2.05) is 0 Å². The molecule has 282 valence electrons. The predicted molar refractivity (Wildman–Crippen MR) is 246 cm³/mol. The van der Waals surface area contributed by atoms with Crippen LogP contribution in [0.2, 0.25) is 0 Å². The Kier molecular flexibility index (Phi) is 8.00. The van der Waals surface area contributed by atoms with Gasteiger partial charge in [0.2, 0.25) is 0 Å². The fourth-order valence-electron chi connectivity index (χ4n) is 10.3. The second-order valence-corrected chi connectivity index (χ2v) is 16.3. The van der Waals surface area contributed by atoms with Gasteiger partial charge in [-0.15, -0.1) is 0 Å². The van der Waals surface area contributed by atoms with Crippen molar-refractivity contribution in [2.75, 3.05) is 14.7 Å². The van der Waals surface area contributed by atoms with Crippen LogP contribution in [0, 0.1) is 0 Å². The molecule has 0 radical (unpaired) electrons. The second kappa shape index (κ2) is 13.8. The largest absolute Gasteiger partial charge is 0.453 e. The summed E-state index contributed by atoms with van der Waals surface area (Å²) >= 11 is 0. The van der Waals surface area contributed by atoms with Crippen LogP contribution in [0.5, 0.6) is 11.5 Å².